The fraction of sp³-hybridized carbons (Fsp3) is 0.235. The molecule has 3 nitrogen and oxygen atoms in total. The summed E-state index contributed by atoms with van der Waals surface area (Å²) in [6.07, 6.45) is 0.962. The summed E-state index contributed by atoms with van der Waals surface area (Å²) in [5, 5.41) is 3.21. The van der Waals surface area contributed by atoms with Crippen molar-refractivity contribution in [3.8, 4) is 0 Å². The lowest BCUT2D eigenvalue weighted by molar-refractivity contribution is 0.1000. The van der Waals surface area contributed by atoms with Gasteiger partial charge in [0.15, 0.2) is 0 Å². The standard InChI is InChI=1S/C17H19FN2O/c1-2-12-5-3-4-6-14(12)10-20-11-15-9-13(17(19)21)7-8-16(15)18/h3-9,20H,2,10-11H2,1H3,(H2,19,21). The molecule has 2 rings (SSSR count). The Bertz CT molecular complexity index is 640. The average molecular weight is 286 g/mol. The predicted octanol–water partition coefficient (Wildman–Crippen LogP) is 2.78. The van der Waals surface area contributed by atoms with Crippen molar-refractivity contribution in [3.63, 3.8) is 0 Å². The number of nitrogens with two attached hydrogens (primary N) is 1. The molecule has 0 heterocycles. The average Bonchev–Trinajstić information content (AvgIpc) is 2.49. The molecule has 0 aliphatic rings. The van der Waals surface area contributed by atoms with Gasteiger partial charge in [-0.1, -0.05) is 31.2 Å². The highest BCUT2D eigenvalue weighted by Crippen LogP contribution is 2.12. The van der Waals surface area contributed by atoms with E-state index in [0.29, 0.717) is 24.2 Å². The molecule has 21 heavy (non-hydrogen) atoms. The third kappa shape index (κ3) is 3.89. The third-order valence-corrected chi connectivity index (χ3v) is 3.46. The van der Waals surface area contributed by atoms with Crippen LogP contribution < -0.4 is 11.1 Å². The highest BCUT2D eigenvalue weighted by Gasteiger charge is 2.07. The van der Waals surface area contributed by atoms with E-state index in [-0.39, 0.29) is 5.82 Å². The van der Waals surface area contributed by atoms with Crippen molar-refractivity contribution in [2.45, 2.75) is 26.4 Å². The number of primary amides is 1. The third-order valence-electron chi connectivity index (χ3n) is 3.46. The maximum Gasteiger partial charge on any atom is 0.248 e. The molecule has 0 unspecified atom stereocenters. The number of benzene rings is 2. The van der Waals surface area contributed by atoms with Gasteiger partial charge in [-0.05, 0) is 35.7 Å². The molecule has 0 fully saturated rings. The molecule has 3 N–H and O–H groups in total. The van der Waals surface area contributed by atoms with Crippen molar-refractivity contribution in [2.24, 2.45) is 5.73 Å². The Kier molecular flexibility index (Phi) is 5.06. The molecule has 0 bridgehead atoms. The number of rotatable bonds is 6. The Balaban J connectivity index is 2.03. The first-order valence-corrected chi connectivity index (χ1v) is 6.97. The first kappa shape index (κ1) is 15.2. The Morgan fingerprint density at radius 1 is 1.10 bits per heavy atom. The minimum Gasteiger partial charge on any atom is -0.366 e. The maximum atomic E-state index is 13.7. The van der Waals surface area contributed by atoms with Crippen molar-refractivity contribution in [3.05, 3.63) is 70.5 Å². The van der Waals surface area contributed by atoms with Gasteiger partial charge in [-0.3, -0.25) is 4.79 Å². The fourth-order valence-electron chi connectivity index (χ4n) is 2.27. The summed E-state index contributed by atoms with van der Waals surface area (Å²) in [6, 6.07) is 12.3. The second-order valence-electron chi connectivity index (χ2n) is 4.90. The predicted molar refractivity (Wildman–Crippen MR) is 81.3 cm³/mol. The van der Waals surface area contributed by atoms with E-state index in [0.717, 1.165) is 6.42 Å². The minimum atomic E-state index is -0.549. The van der Waals surface area contributed by atoms with Crippen molar-refractivity contribution < 1.29 is 9.18 Å². The molecule has 2 aromatic rings. The molecule has 1 amide bonds. The van der Waals surface area contributed by atoms with Crippen LogP contribution in [0.2, 0.25) is 0 Å². The largest absolute Gasteiger partial charge is 0.366 e. The lowest BCUT2D eigenvalue weighted by Crippen LogP contribution is -2.16. The van der Waals surface area contributed by atoms with Crippen LogP contribution in [0.25, 0.3) is 0 Å². The van der Waals surface area contributed by atoms with E-state index in [9.17, 15) is 9.18 Å². The molecule has 0 atom stereocenters. The van der Waals surface area contributed by atoms with Gasteiger partial charge >= 0.3 is 0 Å². The number of carbonyl (C=O) groups is 1. The van der Waals surface area contributed by atoms with Crippen LogP contribution in [0.4, 0.5) is 4.39 Å². The van der Waals surface area contributed by atoms with Crippen LogP contribution in [0.5, 0.6) is 0 Å². The minimum absolute atomic E-state index is 0.321. The zero-order valence-electron chi connectivity index (χ0n) is 12.0. The molecular formula is C17H19FN2O. The van der Waals surface area contributed by atoms with E-state index in [1.165, 1.54) is 29.3 Å². The smallest absolute Gasteiger partial charge is 0.248 e. The van der Waals surface area contributed by atoms with Crippen molar-refractivity contribution in [2.75, 3.05) is 0 Å². The zero-order chi connectivity index (χ0) is 15.2. The Hall–Kier alpha value is -2.20. The molecule has 0 radical (unpaired) electrons. The first-order chi connectivity index (χ1) is 10.1. The van der Waals surface area contributed by atoms with Crippen molar-refractivity contribution in [1.82, 2.24) is 5.32 Å². The number of carbonyl (C=O) groups excluding carboxylic acids is 1. The second-order valence-corrected chi connectivity index (χ2v) is 4.90. The molecule has 0 aromatic heterocycles. The van der Waals surface area contributed by atoms with Gasteiger partial charge < -0.3 is 11.1 Å². The van der Waals surface area contributed by atoms with Gasteiger partial charge in [-0.25, -0.2) is 4.39 Å². The van der Waals surface area contributed by atoms with E-state index in [1.54, 1.807) is 0 Å². The van der Waals surface area contributed by atoms with Crippen LogP contribution in [0.3, 0.4) is 0 Å². The lowest BCUT2D eigenvalue weighted by atomic mass is 10.1. The van der Waals surface area contributed by atoms with Gasteiger partial charge in [-0.15, -0.1) is 0 Å². The summed E-state index contributed by atoms with van der Waals surface area (Å²) in [4.78, 5) is 11.1. The molecular weight excluding hydrogens is 267 g/mol. The summed E-state index contributed by atoms with van der Waals surface area (Å²) in [5.74, 6) is -0.885. The normalized spacial score (nSPS) is 10.6. The van der Waals surface area contributed by atoms with Crippen LogP contribution in [-0.4, -0.2) is 5.91 Å². The van der Waals surface area contributed by atoms with Gasteiger partial charge in [-0.2, -0.15) is 0 Å². The van der Waals surface area contributed by atoms with Crippen LogP contribution in [0.1, 0.15) is 34.0 Å². The first-order valence-electron chi connectivity index (χ1n) is 6.97. The number of nitrogens with one attached hydrogen (secondary N) is 1. The van der Waals surface area contributed by atoms with Crippen LogP contribution >= 0.6 is 0 Å². The Morgan fingerprint density at radius 2 is 1.76 bits per heavy atom. The number of amides is 1. The second kappa shape index (κ2) is 6.99. The zero-order valence-corrected chi connectivity index (χ0v) is 12.0. The molecule has 4 heteroatoms. The summed E-state index contributed by atoms with van der Waals surface area (Å²) in [5.41, 5.74) is 8.45. The van der Waals surface area contributed by atoms with Gasteiger partial charge in [0, 0.05) is 24.2 Å². The van der Waals surface area contributed by atoms with Crippen LogP contribution in [0, 0.1) is 5.82 Å². The molecule has 0 spiro atoms. The highest BCUT2D eigenvalue weighted by atomic mass is 19.1. The molecule has 0 aliphatic heterocycles. The highest BCUT2D eigenvalue weighted by molar-refractivity contribution is 5.92. The van der Waals surface area contributed by atoms with E-state index in [4.69, 9.17) is 5.73 Å². The van der Waals surface area contributed by atoms with Crippen LogP contribution in [-0.2, 0) is 19.5 Å². The summed E-state index contributed by atoms with van der Waals surface area (Å²) >= 11 is 0. The molecule has 0 saturated heterocycles. The van der Waals surface area contributed by atoms with E-state index >= 15 is 0 Å². The number of hydrogen-bond donors (Lipinski definition) is 2. The van der Waals surface area contributed by atoms with Gasteiger partial charge in [0.05, 0.1) is 0 Å². The van der Waals surface area contributed by atoms with Gasteiger partial charge in [0.2, 0.25) is 5.91 Å². The molecule has 0 saturated carbocycles. The SMILES string of the molecule is CCc1ccccc1CNCc1cc(C(N)=O)ccc1F. The van der Waals surface area contributed by atoms with Crippen molar-refractivity contribution >= 4 is 5.91 Å². The number of aryl methyl sites for hydroxylation is 1. The molecule has 2 aromatic carbocycles. The van der Waals surface area contributed by atoms with Gasteiger partial charge in [0.25, 0.3) is 0 Å². The van der Waals surface area contributed by atoms with Crippen LogP contribution in [0.15, 0.2) is 42.5 Å². The van der Waals surface area contributed by atoms with Crippen molar-refractivity contribution in [1.29, 1.82) is 0 Å². The fourth-order valence-corrected chi connectivity index (χ4v) is 2.27. The maximum absolute atomic E-state index is 13.7. The summed E-state index contributed by atoms with van der Waals surface area (Å²) in [7, 11) is 0. The molecule has 0 aliphatic carbocycles. The Labute approximate surface area is 124 Å². The number of hydrogen-bond acceptors (Lipinski definition) is 2. The number of halogens is 1. The van der Waals surface area contributed by atoms with E-state index < -0.39 is 5.91 Å². The van der Waals surface area contributed by atoms with Gasteiger partial charge in [0.1, 0.15) is 5.82 Å². The quantitative estimate of drug-likeness (QED) is 0.858. The molecule has 110 valence electrons. The van der Waals surface area contributed by atoms with E-state index in [2.05, 4.69) is 24.4 Å². The monoisotopic (exact) mass is 286 g/mol. The lowest BCUT2D eigenvalue weighted by Gasteiger charge is -2.10. The summed E-state index contributed by atoms with van der Waals surface area (Å²) < 4.78 is 13.7. The summed E-state index contributed by atoms with van der Waals surface area (Å²) in [6.45, 7) is 3.12. The topological polar surface area (TPSA) is 55.1 Å². The Morgan fingerprint density at radius 3 is 2.43 bits per heavy atom. The van der Waals surface area contributed by atoms with E-state index in [1.807, 2.05) is 12.1 Å².